The van der Waals surface area contributed by atoms with Crippen LogP contribution >= 0.6 is 0 Å². The first-order valence-electron chi connectivity index (χ1n) is 9.65. The summed E-state index contributed by atoms with van der Waals surface area (Å²) in [5, 5.41) is 0. The fourth-order valence-electron chi connectivity index (χ4n) is 3.71. The van der Waals surface area contributed by atoms with Gasteiger partial charge in [-0.1, -0.05) is 48.5 Å². The van der Waals surface area contributed by atoms with Crippen molar-refractivity contribution in [2.24, 2.45) is 0 Å². The molecule has 150 valence electrons. The number of anilines is 2. The molecule has 30 heavy (non-hydrogen) atoms. The first-order valence-corrected chi connectivity index (χ1v) is 9.65. The molecule has 0 atom stereocenters. The van der Waals surface area contributed by atoms with Gasteiger partial charge in [0.15, 0.2) is 0 Å². The summed E-state index contributed by atoms with van der Waals surface area (Å²) < 4.78 is 5.50. The number of hydrogen-bond acceptors (Lipinski definition) is 4. The van der Waals surface area contributed by atoms with Gasteiger partial charge in [0.1, 0.15) is 11.4 Å². The number of likely N-dealkylation sites (N-methyl/N-ethyl adjacent to an activating group) is 1. The van der Waals surface area contributed by atoms with Crippen LogP contribution in [0.4, 0.5) is 11.4 Å². The van der Waals surface area contributed by atoms with Crippen LogP contribution in [0, 0.1) is 6.92 Å². The van der Waals surface area contributed by atoms with E-state index in [4.69, 9.17) is 4.74 Å². The molecule has 0 aromatic heterocycles. The van der Waals surface area contributed by atoms with E-state index >= 15 is 0 Å². The third-order valence-corrected chi connectivity index (χ3v) is 5.17. The number of rotatable bonds is 5. The van der Waals surface area contributed by atoms with Gasteiger partial charge in [-0.2, -0.15) is 0 Å². The summed E-state index contributed by atoms with van der Waals surface area (Å²) in [5.41, 5.74) is 3.56. The first-order chi connectivity index (χ1) is 14.5. The zero-order chi connectivity index (χ0) is 21.3. The molecule has 3 aromatic rings. The highest BCUT2D eigenvalue weighted by Gasteiger charge is 2.43. The van der Waals surface area contributed by atoms with Crippen LogP contribution in [0.1, 0.15) is 11.1 Å². The van der Waals surface area contributed by atoms with Crippen molar-refractivity contribution in [2.45, 2.75) is 6.92 Å². The maximum absolute atomic E-state index is 13.6. The van der Waals surface area contributed by atoms with Gasteiger partial charge in [0.25, 0.3) is 11.8 Å². The van der Waals surface area contributed by atoms with Gasteiger partial charge in [-0.3, -0.25) is 9.59 Å². The number of para-hydroxylation sites is 2. The number of amides is 2. The van der Waals surface area contributed by atoms with Crippen LogP contribution in [-0.4, -0.2) is 26.0 Å². The van der Waals surface area contributed by atoms with Crippen LogP contribution in [0.3, 0.4) is 0 Å². The van der Waals surface area contributed by atoms with E-state index < -0.39 is 0 Å². The second-order valence-corrected chi connectivity index (χ2v) is 7.10. The number of benzene rings is 3. The van der Waals surface area contributed by atoms with Gasteiger partial charge in [-0.05, 0) is 42.8 Å². The monoisotopic (exact) mass is 398 g/mol. The second kappa shape index (κ2) is 7.87. The third-order valence-electron chi connectivity index (χ3n) is 5.17. The highest BCUT2D eigenvalue weighted by Crippen LogP contribution is 2.39. The molecule has 2 amide bonds. The van der Waals surface area contributed by atoms with E-state index in [0.29, 0.717) is 28.3 Å². The Hall–Kier alpha value is -3.86. The van der Waals surface area contributed by atoms with E-state index in [2.05, 4.69) is 0 Å². The van der Waals surface area contributed by atoms with Crippen molar-refractivity contribution in [3.05, 3.63) is 95.7 Å². The molecule has 5 nitrogen and oxygen atoms in total. The zero-order valence-electron chi connectivity index (χ0n) is 17.1. The number of carbonyl (C=O) groups excluding carboxylic acids is 2. The molecule has 0 radical (unpaired) electrons. The summed E-state index contributed by atoms with van der Waals surface area (Å²) in [6.07, 6.45) is 0. The van der Waals surface area contributed by atoms with Crippen LogP contribution in [0.2, 0.25) is 0 Å². The largest absolute Gasteiger partial charge is 0.496 e. The van der Waals surface area contributed by atoms with E-state index in [1.54, 1.807) is 37.3 Å². The summed E-state index contributed by atoms with van der Waals surface area (Å²) in [6.45, 7) is 1.93. The fourth-order valence-corrected chi connectivity index (χ4v) is 3.71. The number of aryl methyl sites for hydroxylation is 1. The van der Waals surface area contributed by atoms with Crippen molar-refractivity contribution >= 4 is 28.8 Å². The molecular weight excluding hydrogens is 376 g/mol. The first kappa shape index (κ1) is 19.5. The van der Waals surface area contributed by atoms with Gasteiger partial charge in [0, 0.05) is 18.3 Å². The lowest BCUT2D eigenvalue weighted by atomic mass is 10.0. The number of carbonyl (C=O) groups is 2. The van der Waals surface area contributed by atoms with E-state index in [1.165, 1.54) is 4.90 Å². The number of methoxy groups -OCH3 is 1. The molecule has 0 saturated carbocycles. The lowest BCUT2D eigenvalue weighted by molar-refractivity contribution is -0.120. The van der Waals surface area contributed by atoms with Gasteiger partial charge in [0.05, 0.1) is 18.4 Å². The Kier molecular flexibility index (Phi) is 5.11. The van der Waals surface area contributed by atoms with Crippen LogP contribution in [-0.2, 0) is 9.59 Å². The summed E-state index contributed by atoms with van der Waals surface area (Å²) in [6, 6.07) is 24.1. The smallest absolute Gasteiger partial charge is 0.282 e. The van der Waals surface area contributed by atoms with E-state index in [9.17, 15) is 9.59 Å². The minimum Gasteiger partial charge on any atom is -0.496 e. The molecule has 0 aliphatic carbocycles. The number of ether oxygens (including phenoxy) is 1. The molecular formula is C25H22N2O3. The van der Waals surface area contributed by atoms with Gasteiger partial charge in [-0.25, -0.2) is 4.90 Å². The number of nitrogens with zero attached hydrogens (tertiary/aromatic N) is 2. The highest BCUT2D eigenvalue weighted by molar-refractivity contribution is 6.46. The van der Waals surface area contributed by atoms with Crippen molar-refractivity contribution in [3.8, 4) is 5.75 Å². The molecule has 1 heterocycles. The summed E-state index contributed by atoms with van der Waals surface area (Å²) in [5.74, 6) is -0.190. The average Bonchev–Trinajstić information content (AvgIpc) is 3.03. The van der Waals surface area contributed by atoms with Gasteiger partial charge >= 0.3 is 0 Å². The Morgan fingerprint density at radius 3 is 2.23 bits per heavy atom. The second-order valence-electron chi connectivity index (χ2n) is 7.10. The third kappa shape index (κ3) is 3.24. The molecule has 0 unspecified atom stereocenters. The maximum atomic E-state index is 13.6. The molecule has 0 spiro atoms. The van der Waals surface area contributed by atoms with Crippen LogP contribution in [0.25, 0.3) is 5.57 Å². The average molecular weight is 398 g/mol. The molecule has 0 saturated heterocycles. The molecule has 1 aliphatic heterocycles. The molecule has 5 heteroatoms. The topological polar surface area (TPSA) is 49.9 Å². The Bertz CT molecular complexity index is 1150. The van der Waals surface area contributed by atoms with Crippen molar-refractivity contribution in [1.29, 1.82) is 0 Å². The Morgan fingerprint density at radius 2 is 1.53 bits per heavy atom. The lowest BCUT2D eigenvalue weighted by Crippen LogP contribution is -2.34. The van der Waals surface area contributed by atoms with Crippen LogP contribution < -0.4 is 14.5 Å². The molecule has 0 N–H and O–H groups in total. The van der Waals surface area contributed by atoms with E-state index in [1.807, 2.05) is 67.6 Å². The standard InChI is InChI=1S/C25H22N2O3/c1-17-10-9-13-19(16-17)27-24(28)22(20-14-7-8-15-21(20)30-3)23(25(27)29)26(2)18-11-5-4-6-12-18/h4-16H,1-3H3. The maximum Gasteiger partial charge on any atom is 0.282 e. The zero-order valence-corrected chi connectivity index (χ0v) is 17.1. The Morgan fingerprint density at radius 1 is 0.833 bits per heavy atom. The highest BCUT2D eigenvalue weighted by atomic mass is 16.5. The lowest BCUT2D eigenvalue weighted by Gasteiger charge is -2.22. The normalized spacial score (nSPS) is 13.8. The van der Waals surface area contributed by atoms with Crippen molar-refractivity contribution in [2.75, 3.05) is 24.0 Å². The Labute approximate surface area is 175 Å². The van der Waals surface area contributed by atoms with E-state index in [0.717, 1.165) is 11.3 Å². The molecule has 1 aliphatic rings. The summed E-state index contributed by atoms with van der Waals surface area (Å²) in [7, 11) is 3.35. The number of imide groups is 1. The minimum absolute atomic E-state index is 0.317. The van der Waals surface area contributed by atoms with E-state index in [-0.39, 0.29) is 11.8 Å². The predicted octanol–water partition coefficient (Wildman–Crippen LogP) is 4.42. The fraction of sp³-hybridized carbons (Fsp3) is 0.120. The van der Waals surface area contributed by atoms with Gasteiger partial charge < -0.3 is 9.64 Å². The minimum atomic E-state index is -0.368. The SMILES string of the molecule is COc1ccccc1C1=C(N(C)c2ccccc2)C(=O)N(c2cccc(C)c2)C1=O. The van der Waals surface area contributed by atoms with Crippen molar-refractivity contribution in [1.82, 2.24) is 0 Å². The Balaban J connectivity index is 1.92. The number of hydrogen-bond donors (Lipinski definition) is 0. The molecule has 0 bridgehead atoms. The van der Waals surface area contributed by atoms with Gasteiger partial charge in [-0.15, -0.1) is 0 Å². The van der Waals surface area contributed by atoms with Crippen molar-refractivity contribution < 1.29 is 14.3 Å². The van der Waals surface area contributed by atoms with Crippen LogP contribution in [0.5, 0.6) is 5.75 Å². The molecule has 0 fully saturated rings. The summed E-state index contributed by atoms with van der Waals surface area (Å²) >= 11 is 0. The summed E-state index contributed by atoms with van der Waals surface area (Å²) in [4.78, 5) is 30.2. The predicted molar refractivity (Wildman–Crippen MR) is 118 cm³/mol. The van der Waals surface area contributed by atoms with Crippen molar-refractivity contribution in [3.63, 3.8) is 0 Å². The quantitative estimate of drug-likeness (QED) is 0.597. The molecule has 3 aromatic carbocycles. The van der Waals surface area contributed by atoms with Crippen LogP contribution in [0.15, 0.2) is 84.6 Å². The molecule has 4 rings (SSSR count). The van der Waals surface area contributed by atoms with Gasteiger partial charge in [0.2, 0.25) is 0 Å².